The number of hydrogen-bond donors (Lipinski definition) is 3. The highest BCUT2D eigenvalue weighted by atomic mass is 32.1. The Bertz CT molecular complexity index is 537. The fourth-order valence-corrected chi connectivity index (χ4v) is 1.71. The third-order valence-electron chi connectivity index (χ3n) is 2.12. The molecule has 0 bridgehead atoms. The van der Waals surface area contributed by atoms with E-state index in [-0.39, 0.29) is 16.8 Å². The Kier molecular flexibility index (Phi) is 4.16. The first-order chi connectivity index (χ1) is 8.31. The zero-order valence-corrected chi connectivity index (χ0v) is 10.7. The summed E-state index contributed by atoms with van der Waals surface area (Å²) in [6.07, 6.45) is 0. The maximum atomic E-state index is 11.0. The highest BCUT2D eigenvalue weighted by Gasteiger charge is 2.17. The second-order valence-corrected chi connectivity index (χ2v) is 4.09. The summed E-state index contributed by atoms with van der Waals surface area (Å²) >= 11 is 4.87. The number of aryl methyl sites for hydroxylation is 2. The molecule has 0 fully saturated rings. The highest BCUT2D eigenvalue weighted by Crippen LogP contribution is 2.29. The number of nitro benzene ring substituents is 1. The molecule has 1 rings (SSSR count). The Balaban J connectivity index is 3.19. The van der Waals surface area contributed by atoms with Gasteiger partial charge in [0, 0.05) is 6.07 Å². The molecule has 96 valence electrons. The normalized spacial score (nSPS) is 9.67. The van der Waals surface area contributed by atoms with Crippen molar-refractivity contribution in [1.29, 1.82) is 0 Å². The SMILES string of the molecule is Cc1cc(C)c(NC(=S)N=C(N)N)c([N+](=O)[O-])c1. The monoisotopic (exact) mass is 267 g/mol. The van der Waals surface area contributed by atoms with E-state index < -0.39 is 4.92 Å². The van der Waals surface area contributed by atoms with Crippen molar-refractivity contribution in [1.82, 2.24) is 0 Å². The molecule has 7 nitrogen and oxygen atoms in total. The fraction of sp³-hybridized carbons (Fsp3) is 0.200. The summed E-state index contributed by atoms with van der Waals surface area (Å²) in [6.45, 7) is 3.51. The van der Waals surface area contributed by atoms with Gasteiger partial charge in [-0.25, -0.2) is 0 Å². The lowest BCUT2D eigenvalue weighted by Crippen LogP contribution is -2.25. The average Bonchev–Trinajstić information content (AvgIpc) is 2.20. The van der Waals surface area contributed by atoms with Crippen molar-refractivity contribution in [3.8, 4) is 0 Å². The van der Waals surface area contributed by atoms with Crippen molar-refractivity contribution >= 4 is 34.7 Å². The number of nitrogens with two attached hydrogens (primary N) is 2. The van der Waals surface area contributed by atoms with Crippen molar-refractivity contribution in [2.45, 2.75) is 13.8 Å². The molecule has 0 radical (unpaired) electrons. The van der Waals surface area contributed by atoms with Crippen LogP contribution in [0.2, 0.25) is 0 Å². The molecule has 0 unspecified atom stereocenters. The zero-order chi connectivity index (χ0) is 13.9. The van der Waals surface area contributed by atoms with Crippen molar-refractivity contribution < 1.29 is 4.92 Å². The van der Waals surface area contributed by atoms with Crippen LogP contribution in [0.4, 0.5) is 11.4 Å². The molecule has 8 heteroatoms. The number of aliphatic imine (C=N–C) groups is 1. The largest absolute Gasteiger partial charge is 0.370 e. The van der Waals surface area contributed by atoms with Crippen LogP contribution in [0.1, 0.15) is 11.1 Å². The van der Waals surface area contributed by atoms with Crippen molar-refractivity contribution in [3.63, 3.8) is 0 Å². The Hall–Kier alpha value is -2.22. The predicted octanol–water partition coefficient (Wildman–Crippen LogP) is 1.18. The van der Waals surface area contributed by atoms with Crippen LogP contribution in [0, 0.1) is 24.0 Å². The van der Waals surface area contributed by atoms with Gasteiger partial charge in [-0.1, -0.05) is 6.07 Å². The molecule has 0 saturated carbocycles. The topological polar surface area (TPSA) is 120 Å². The van der Waals surface area contributed by atoms with E-state index in [9.17, 15) is 10.1 Å². The van der Waals surface area contributed by atoms with E-state index in [2.05, 4.69) is 10.3 Å². The third kappa shape index (κ3) is 3.39. The maximum absolute atomic E-state index is 11.0. The van der Waals surface area contributed by atoms with Crippen LogP contribution >= 0.6 is 12.2 Å². The van der Waals surface area contributed by atoms with E-state index >= 15 is 0 Å². The quantitative estimate of drug-likeness (QED) is 0.243. The van der Waals surface area contributed by atoms with Gasteiger partial charge >= 0.3 is 0 Å². The number of nitrogens with one attached hydrogen (secondary N) is 1. The Labute approximate surface area is 109 Å². The van der Waals surface area contributed by atoms with Gasteiger partial charge in [0.25, 0.3) is 5.69 Å². The minimum Gasteiger partial charge on any atom is -0.370 e. The molecule has 0 spiro atoms. The molecule has 0 aliphatic heterocycles. The number of nitrogens with zero attached hydrogens (tertiary/aromatic N) is 2. The highest BCUT2D eigenvalue weighted by molar-refractivity contribution is 7.80. The number of anilines is 1. The Morgan fingerprint density at radius 1 is 1.44 bits per heavy atom. The molecule has 0 amide bonds. The van der Waals surface area contributed by atoms with E-state index in [1.54, 1.807) is 19.9 Å². The Morgan fingerprint density at radius 2 is 2.06 bits per heavy atom. The van der Waals surface area contributed by atoms with Gasteiger partial charge in [-0.05, 0) is 37.2 Å². The summed E-state index contributed by atoms with van der Waals surface area (Å²) in [5, 5.41) is 13.6. The average molecular weight is 267 g/mol. The second-order valence-electron chi connectivity index (χ2n) is 3.70. The molecule has 5 N–H and O–H groups in total. The number of guanidine groups is 1. The van der Waals surface area contributed by atoms with Crippen LogP contribution in [-0.4, -0.2) is 16.0 Å². The first kappa shape index (κ1) is 13.8. The van der Waals surface area contributed by atoms with E-state index in [4.69, 9.17) is 23.7 Å². The first-order valence-electron chi connectivity index (χ1n) is 4.97. The van der Waals surface area contributed by atoms with Crippen molar-refractivity contribution in [3.05, 3.63) is 33.4 Å². The number of thiocarbonyl (C=S) groups is 1. The van der Waals surface area contributed by atoms with Gasteiger partial charge in [0.15, 0.2) is 5.96 Å². The minimum absolute atomic E-state index is 0.0231. The number of rotatable bonds is 2. The van der Waals surface area contributed by atoms with Crippen LogP contribution in [-0.2, 0) is 0 Å². The van der Waals surface area contributed by atoms with Crippen LogP contribution in [0.25, 0.3) is 0 Å². The van der Waals surface area contributed by atoms with Gasteiger partial charge < -0.3 is 16.8 Å². The molecule has 1 aromatic rings. The van der Waals surface area contributed by atoms with Crippen LogP contribution in [0.15, 0.2) is 17.1 Å². The summed E-state index contributed by atoms with van der Waals surface area (Å²) in [5.41, 5.74) is 12.0. The lowest BCUT2D eigenvalue weighted by Gasteiger charge is -2.09. The van der Waals surface area contributed by atoms with E-state index in [1.165, 1.54) is 6.07 Å². The molecule has 1 aromatic carbocycles. The Morgan fingerprint density at radius 3 is 2.56 bits per heavy atom. The molecule has 0 saturated heterocycles. The van der Waals surface area contributed by atoms with Gasteiger partial charge in [-0.3, -0.25) is 10.1 Å². The number of nitro groups is 1. The van der Waals surface area contributed by atoms with Gasteiger partial charge in [-0.15, -0.1) is 0 Å². The van der Waals surface area contributed by atoms with Gasteiger partial charge in [-0.2, -0.15) is 4.99 Å². The molecule has 0 aliphatic rings. The molecule has 0 aromatic heterocycles. The van der Waals surface area contributed by atoms with Crippen LogP contribution in [0.5, 0.6) is 0 Å². The summed E-state index contributed by atoms with van der Waals surface area (Å²) in [6, 6.07) is 3.25. The predicted molar refractivity (Wildman–Crippen MR) is 74.6 cm³/mol. The number of hydrogen-bond acceptors (Lipinski definition) is 3. The molecular weight excluding hydrogens is 254 g/mol. The lowest BCUT2D eigenvalue weighted by atomic mass is 10.1. The van der Waals surface area contributed by atoms with E-state index in [0.717, 1.165) is 5.56 Å². The maximum Gasteiger partial charge on any atom is 0.293 e. The van der Waals surface area contributed by atoms with E-state index in [0.29, 0.717) is 11.3 Å². The summed E-state index contributed by atoms with van der Waals surface area (Å²) in [5.74, 6) is -0.208. The lowest BCUT2D eigenvalue weighted by molar-refractivity contribution is -0.384. The number of benzene rings is 1. The second kappa shape index (κ2) is 5.41. The summed E-state index contributed by atoms with van der Waals surface area (Å²) in [4.78, 5) is 14.1. The fourth-order valence-electron chi connectivity index (χ4n) is 1.50. The zero-order valence-electron chi connectivity index (χ0n) is 9.93. The molecule has 0 atom stereocenters. The molecule has 0 aliphatic carbocycles. The summed E-state index contributed by atoms with van der Waals surface area (Å²) in [7, 11) is 0. The van der Waals surface area contributed by atoms with Gasteiger partial charge in [0.05, 0.1) is 4.92 Å². The van der Waals surface area contributed by atoms with E-state index in [1.807, 2.05) is 0 Å². The minimum atomic E-state index is -0.486. The van der Waals surface area contributed by atoms with Crippen molar-refractivity contribution in [2.75, 3.05) is 5.32 Å². The van der Waals surface area contributed by atoms with Crippen molar-refractivity contribution in [2.24, 2.45) is 16.5 Å². The third-order valence-corrected chi connectivity index (χ3v) is 2.31. The first-order valence-corrected chi connectivity index (χ1v) is 5.38. The standard InChI is InChI=1S/C10H13N5O2S/c1-5-3-6(2)8(7(4-5)15(16)17)13-10(18)14-9(11)12/h3-4H,1-2H3,(H5,11,12,13,14,18). The molecular formula is C10H13N5O2S. The van der Waals surface area contributed by atoms with Crippen LogP contribution in [0.3, 0.4) is 0 Å². The molecule has 0 heterocycles. The summed E-state index contributed by atoms with van der Waals surface area (Å²) < 4.78 is 0. The van der Waals surface area contributed by atoms with Gasteiger partial charge in [0.2, 0.25) is 5.11 Å². The van der Waals surface area contributed by atoms with Crippen LogP contribution < -0.4 is 16.8 Å². The van der Waals surface area contributed by atoms with Gasteiger partial charge in [0.1, 0.15) is 5.69 Å². The molecule has 18 heavy (non-hydrogen) atoms. The smallest absolute Gasteiger partial charge is 0.293 e.